The summed E-state index contributed by atoms with van der Waals surface area (Å²) in [5, 5.41) is 14.6. The molecule has 1 rings (SSSR count). The van der Waals surface area contributed by atoms with Crippen molar-refractivity contribution >= 4 is 0 Å². The molecule has 1 N–H and O–H groups in total. The van der Waals surface area contributed by atoms with Crippen molar-refractivity contribution in [2.24, 2.45) is 0 Å². The Bertz CT molecular complexity index is 330. The number of rotatable bonds is 7. The second kappa shape index (κ2) is 6.17. The zero-order valence-electron chi connectivity index (χ0n) is 11.3. The van der Waals surface area contributed by atoms with Crippen LogP contribution in [0.15, 0.2) is 12.3 Å². The summed E-state index contributed by atoms with van der Waals surface area (Å²) in [5.41, 5.74) is 0.0703. The Morgan fingerprint density at radius 3 is 2.65 bits per heavy atom. The van der Waals surface area contributed by atoms with Gasteiger partial charge in [-0.2, -0.15) is 5.10 Å². The summed E-state index contributed by atoms with van der Waals surface area (Å²) in [4.78, 5) is 0. The molecule has 4 heteroatoms. The Balaban J connectivity index is 2.68. The molecule has 98 valence electrons. The van der Waals surface area contributed by atoms with Crippen molar-refractivity contribution in [3.05, 3.63) is 18.0 Å². The Hall–Kier alpha value is -0.870. The average Bonchev–Trinajstić information content (AvgIpc) is 2.67. The number of nitrogens with zero attached hydrogens (tertiary/aromatic N) is 2. The van der Waals surface area contributed by atoms with E-state index in [1.165, 1.54) is 0 Å². The van der Waals surface area contributed by atoms with Crippen LogP contribution in [0.25, 0.3) is 0 Å². The highest BCUT2D eigenvalue weighted by Crippen LogP contribution is 2.17. The van der Waals surface area contributed by atoms with Crippen LogP contribution in [0.3, 0.4) is 0 Å². The molecular weight excluding hydrogens is 216 g/mol. The topological polar surface area (TPSA) is 47.3 Å². The van der Waals surface area contributed by atoms with Crippen molar-refractivity contribution < 1.29 is 9.84 Å². The smallest absolute Gasteiger partial charge is 0.0907 e. The third-order valence-corrected chi connectivity index (χ3v) is 3.00. The first-order chi connectivity index (χ1) is 8.02. The fourth-order valence-electron chi connectivity index (χ4n) is 2.09. The Morgan fingerprint density at radius 2 is 2.12 bits per heavy atom. The van der Waals surface area contributed by atoms with Crippen molar-refractivity contribution in [2.75, 3.05) is 13.7 Å². The second-order valence-electron chi connectivity index (χ2n) is 4.86. The van der Waals surface area contributed by atoms with Gasteiger partial charge < -0.3 is 9.84 Å². The Labute approximate surface area is 104 Å². The van der Waals surface area contributed by atoms with E-state index in [4.69, 9.17) is 4.74 Å². The van der Waals surface area contributed by atoms with Crippen LogP contribution in [0.5, 0.6) is 0 Å². The molecule has 0 spiro atoms. The summed E-state index contributed by atoms with van der Waals surface area (Å²) in [6.45, 7) is 6.42. The van der Waals surface area contributed by atoms with E-state index >= 15 is 0 Å². The minimum absolute atomic E-state index is 0.324. The molecule has 1 unspecified atom stereocenters. The van der Waals surface area contributed by atoms with E-state index in [2.05, 4.69) is 18.9 Å². The third-order valence-electron chi connectivity index (χ3n) is 3.00. The van der Waals surface area contributed by atoms with Crippen LogP contribution in [0.4, 0.5) is 0 Å². The zero-order valence-corrected chi connectivity index (χ0v) is 11.3. The first kappa shape index (κ1) is 14.2. The fraction of sp³-hybridized carbons (Fsp3) is 0.769. The van der Waals surface area contributed by atoms with Crippen LogP contribution in [-0.2, 0) is 11.2 Å². The highest BCUT2D eigenvalue weighted by atomic mass is 16.5. The molecule has 0 aliphatic heterocycles. The van der Waals surface area contributed by atoms with Crippen LogP contribution in [-0.4, -0.2) is 34.2 Å². The largest absolute Gasteiger partial charge is 0.387 e. The van der Waals surface area contributed by atoms with Gasteiger partial charge in [0.1, 0.15) is 0 Å². The van der Waals surface area contributed by atoms with Gasteiger partial charge in [-0.25, -0.2) is 0 Å². The van der Waals surface area contributed by atoms with Crippen molar-refractivity contribution in [3.63, 3.8) is 0 Å². The molecule has 1 aromatic rings. The molecule has 0 aliphatic rings. The standard InChI is InChI=1S/C13H24N2O2/c1-5-12(6-2)15-8-7-11(14-15)9-13(3,16)10-17-4/h7-8,12,16H,5-6,9-10H2,1-4H3. The maximum atomic E-state index is 10.1. The van der Waals surface area contributed by atoms with E-state index in [0.29, 0.717) is 19.1 Å². The second-order valence-corrected chi connectivity index (χ2v) is 4.86. The summed E-state index contributed by atoms with van der Waals surface area (Å²) in [5.74, 6) is 0. The molecule has 0 amide bonds. The number of aliphatic hydroxyl groups is 1. The van der Waals surface area contributed by atoms with Gasteiger partial charge in [-0.1, -0.05) is 13.8 Å². The number of ether oxygens (including phenoxy) is 1. The lowest BCUT2D eigenvalue weighted by Gasteiger charge is -2.21. The van der Waals surface area contributed by atoms with E-state index in [1.807, 2.05) is 16.9 Å². The van der Waals surface area contributed by atoms with Gasteiger partial charge in [0.05, 0.1) is 23.9 Å². The lowest BCUT2D eigenvalue weighted by atomic mass is 10.0. The van der Waals surface area contributed by atoms with Gasteiger partial charge in [0.2, 0.25) is 0 Å². The summed E-state index contributed by atoms with van der Waals surface area (Å²) in [6, 6.07) is 2.43. The first-order valence-electron chi connectivity index (χ1n) is 6.27. The van der Waals surface area contributed by atoms with Crippen molar-refractivity contribution in [3.8, 4) is 0 Å². The minimum Gasteiger partial charge on any atom is -0.387 e. The van der Waals surface area contributed by atoms with Crippen LogP contribution in [0.2, 0.25) is 0 Å². The average molecular weight is 240 g/mol. The summed E-state index contributed by atoms with van der Waals surface area (Å²) >= 11 is 0. The summed E-state index contributed by atoms with van der Waals surface area (Å²) < 4.78 is 6.99. The van der Waals surface area contributed by atoms with Crippen LogP contribution in [0.1, 0.15) is 45.3 Å². The highest BCUT2D eigenvalue weighted by molar-refractivity contribution is 5.04. The monoisotopic (exact) mass is 240 g/mol. The molecule has 1 atom stereocenters. The van der Waals surface area contributed by atoms with E-state index in [0.717, 1.165) is 18.5 Å². The third kappa shape index (κ3) is 4.13. The van der Waals surface area contributed by atoms with Gasteiger partial charge in [-0.15, -0.1) is 0 Å². The zero-order chi connectivity index (χ0) is 12.9. The number of hydrogen-bond donors (Lipinski definition) is 1. The molecular formula is C13H24N2O2. The van der Waals surface area contributed by atoms with Crippen LogP contribution < -0.4 is 0 Å². The highest BCUT2D eigenvalue weighted by Gasteiger charge is 2.22. The van der Waals surface area contributed by atoms with E-state index < -0.39 is 5.60 Å². The van der Waals surface area contributed by atoms with Crippen LogP contribution >= 0.6 is 0 Å². The lowest BCUT2D eigenvalue weighted by molar-refractivity contribution is -0.0168. The molecule has 4 nitrogen and oxygen atoms in total. The van der Waals surface area contributed by atoms with Crippen molar-refractivity contribution in [1.29, 1.82) is 0 Å². The first-order valence-corrected chi connectivity index (χ1v) is 6.27. The molecule has 0 saturated carbocycles. The van der Waals surface area contributed by atoms with E-state index in [1.54, 1.807) is 14.0 Å². The molecule has 1 heterocycles. The Morgan fingerprint density at radius 1 is 1.47 bits per heavy atom. The summed E-state index contributed by atoms with van der Waals surface area (Å²) in [6.07, 6.45) is 4.67. The molecule has 0 fully saturated rings. The van der Waals surface area contributed by atoms with Gasteiger partial charge in [0.15, 0.2) is 0 Å². The van der Waals surface area contributed by atoms with Gasteiger partial charge in [-0.05, 0) is 25.8 Å². The van der Waals surface area contributed by atoms with Crippen LogP contribution in [0, 0.1) is 0 Å². The maximum absolute atomic E-state index is 10.1. The number of aromatic nitrogens is 2. The quantitative estimate of drug-likeness (QED) is 0.794. The van der Waals surface area contributed by atoms with Gasteiger partial charge in [-0.3, -0.25) is 4.68 Å². The summed E-state index contributed by atoms with van der Waals surface area (Å²) in [7, 11) is 1.59. The Kier molecular flexibility index (Phi) is 5.15. The van der Waals surface area contributed by atoms with Gasteiger partial charge in [0, 0.05) is 19.7 Å². The lowest BCUT2D eigenvalue weighted by Crippen LogP contribution is -2.33. The molecule has 0 bridgehead atoms. The van der Waals surface area contributed by atoms with Gasteiger partial charge >= 0.3 is 0 Å². The minimum atomic E-state index is -0.845. The normalized spacial score (nSPS) is 15.2. The van der Waals surface area contributed by atoms with Crippen molar-refractivity contribution in [2.45, 2.75) is 51.7 Å². The SMILES string of the molecule is CCC(CC)n1ccc(CC(C)(O)COC)n1. The van der Waals surface area contributed by atoms with Crippen molar-refractivity contribution in [1.82, 2.24) is 9.78 Å². The van der Waals surface area contributed by atoms with E-state index in [-0.39, 0.29) is 0 Å². The molecule has 0 radical (unpaired) electrons. The number of hydrogen-bond acceptors (Lipinski definition) is 3. The predicted molar refractivity (Wildman–Crippen MR) is 68.0 cm³/mol. The molecule has 0 saturated heterocycles. The van der Waals surface area contributed by atoms with E-state index in [9.17, 15) is 5.11 Å². The molecule has 17 heavy (non-hydrogen) atoms. The molecule has 0 aliphatic carbocycles. The molecule has 1 aromatic heterocycles. The fourth-order valence-corrected chi connectivity index (χ4v) is 2.09. The molecule has 0 aromatic carbocycles. The predicted octanol–water partition coefficient (Wildman–Crippen LogP) is 2.18. The maximum Gasteiger partial charge on any atom is 0.0907 e. The number of methoxy groups -OCH3 is 1. The van der Waals surface area contributed by atoms with Gasteiger partial charge in [0.25, 0.3) is 0 Å².